The van der Waals surface area contributed by atoms with Crippen molar-refractivity contribution in [1.29, 1.82) is 0 Å². The number of nitrogen functional groups attached to an aromatic ring is 1. The average molecular weight is 333 g/mol. The number of aromatic nitrogens is 4. The molecule has 0 aliphatic rings. The Bertz CT molecular complexity index is 1020. The van der Waals surface area contributed by atoms with Gasteiger partial charge in [0.25, 0.3) is 0 Å². The van der Waals surface area contributed by atoms with E-state index in [1.54, 1.807) is 42.7 Å². The van der Waals surface area contributed by atoms with Crippen LogP contribution in [0.25, 0.3) is 33.8 Å². The van der Waals surface area contributed by atoms with E-state index in [0.717, 1.165) is 5.56 Å². The van der Waals surface area contributed by atoms with E-state index in [4.69, 9.17) is 10.2 Å². The van der Waals surface area contributed by atoms with Crippen LogP contribution < -0.4 is 5.73 Å². The van der Waals surface area contributed by atoms with Crippen LogP contribution >= 0.6 is 0 Å². The van der Waals surface area contributed by atoms with E-state index in [1.807, 2.05) is 0 Å². The van der Waals surface area contributed by atoms with Gasteiger partial charge in [0.2, 0.25) is 11.9 Å². The second-order valence-electron chi connectivity index (χ2n) is 5.23. The van der Waals surface area contributed by atoms with E-state index in [0.29, 0.717) is 28.3 Å². The van der Waals surface area contributed by atoms with E-state index in [2.05, 4.69) is 19.9 Å². The van der Waals surface area contributed by atoms with Crippen molar-refractivity contribution >= 4 is 5.95 Å². The minimum absolute atomic E-state index is 0.0940. The molecule has 0 aromatic carbocycles. The SMILES string of the molecule is Nc1nc(-c2ccncc2)c(-c2ccnc(F)c2)c(-c2ccco2)n1. The number of nitrogens with zero attached hydrogens (tertiary/aromatic N) is 4. The van der Waals surface area contributed by atoms with Gasteiger partial charge in [-0.25, -0.2) is 15.0 Å². The maximum atomic E-state index is 13.7. The van der Waals surface area contributed by atoms with Crippen molar-refractivity contribution < 1.29 is 8.81 Å². The van der Waals surface area contributed by atoms with Crippen molar-refractivity contribution in [2.24, 2.45) is 0 Å². The lowest BCUT2D eigenvalue weighted by molar-refractivity contribution is 0.579. The van der Waals surface area contributed by atoms with Crippen LogP contribution in [0.3, 0.4) is 0 Å². The summed E-state index contributed by atoms with van der Waals surface area (Å²) in [5.41, 5.74) is 8.92. The molecule has 0 spiro atoms. The molecule has 4 aromatic heterocycles. The standard InChI is InChI=1S/C18H12FN5O/c19-14-10-12(5-8-22-14)15-16(11-3-6-21-7-4-11)23-18(20)24-17(15)13-2-1-9-25-13/h1-10H,(H2,20,23,24). The first kappa shape index (κ1) is 14.9. The fraction of sp³-hybridized carbons (Fsp3) is 0. The Morgan fingerprint density at radius 2 is 1.68 bits per heavy atom. The van der Waals surface area contributed by atoms with Gasteiger partial charge in [-0.3, -0.25) is 4.98 Å². The summed E-state index contributed by atoms with van der Waals surface area (Å²) < 4.78 is 19.2. The molecule has 4 rings (SSSR count). The van der Waals surface area contributed by atoms with Gasteiger partial charge >= 0.3 is 0 Å². The van der Waals surface area contributed by atoms with Gasteiger partial charge in [0.05, 0.1) is 12.0 Å². The van der Waals surface area contributed by atoms with Crippen LogP contribution in [-0.4, -0.2) is 19.9 Å². The average Bonchev–Trinajstić information content (AvgIpc) is 3.16. The van der Waals surface area contributed by atoms with Crippen LogP contribution in [0.15, 0.2) is 65.7 Å². The number of nitrogens with two attached hydrogens (primary N) is 1. The molecule has 6 nitrogen and oxygen atoms in total. The Balaban J connectivity index is 2.07. The van der Waals surface area contributed by atoms with Crippen molar-refractivity contribution in [1.82, 2.24) is 19.9 Å². The predicted molar refractivity (Wildman–Crippen MR) is 90.6 cm³/mol. The zero-order valence-electron chi connectivity index (χ0n) is 12.9. The molecule has 0 fully saturated rings. The third-order valence-corrected chi connectivity index (χ3v) is 3.65. The number of hydrogen-bond donors (Lipinski definition) is 1. The van der Waals surface area contributed by atoms with Gasteiger partial charge in [-0.05, 0) is 35.9 Å². The lowest BCUT2D eigenvalue weighted by Crippen LogP contribution is -2.02. The maximum Gasteiger partial charge on any atom is 0.221 e. The fourth-order valence-electron chi connectivity index (χ4n) is 2.62. The van der Waals surface area contributed by atoms with Gasteiger partial charge < -0.3 is 10.2 Å². The Morgan fingerprint density at radius 3 is 2.40 bits per heavy atom. The van der Waals surface area contributed by atoms with E-state index in [1.165, 1.54) is 18.5 Å². The third-order valence-electron chi connectivity index (χ3n) is 3.65. The molecule has 0 saturated carbocycles. The fourth-order valence-corrected chi connectivity index (χ4v) is 2.62. The Kier molecular flexibility index (Phi) is 3.66. The lowest BCUT2D eigenvalue weighted by Gasteiger charge is -2.13. The largest absolute Gasteiger partial charge is 0.463 e. The van der Waals surface area contributed by atoms with E-state index in [9.17, 15) is 4.39 Å². The third kappa shape index (κ3) is 2.83. The Morgan fingerprint density at radius 1 is 0.920 bits per heavy atom. The van der Waals surface area contributed by atoms with Crippen LogP contribution in [0.1, 0.15) is 0 Å². The lowest BCUT2D eigenvalue weighted by atomic mass is 9.98. The van der Waals surface area contributed by atoms with Crippen LogP contribution in [0.5, 0.6) is 0 Å². The molecule has 7 heteroatoms. The van der Waals surface area contributed by atoms with Crippen molar-refractivity contribution in [3.05, 3.63) is 67.2 Å². The molecule has 4 heterocycles. The van der Waals surface area contributed by atoms with Gasteiger partial charge in [0.15, 0.2) is 5.76 Å². The summed E-state index contributed by atoms with van der Waals surface area (Å²) in [5, 5.41) is 0. The molecule has 0 atom stereocenters. The summed E-state index contributed by atoms with van der Waals surface area (Å²) in [7, 11) is 0. The van der Waals surface area contributed by atoms with E-state index in [-0.39, 0.29) is 5.95 Å². The molecule has 122 valence electrons. The number of furan rings is 1. The molecule has 4 aromatic rings. The summed E-state index contributed by atoms with van der Waals surface area (Å²) in [5.74, 6) is 0.00788. The molecule has 0 saturated heterocycles. The van der Waals surface area contributed by atoms with Crippen molar-refractivity contribution in [2.45, 2.75) is 0 Å². The van der Waals surface area contributed by atoms with Gasteiger partial charge in [-0.1, -0.05) is 0 Å². The first-order valence-corrected chi connectivity index (χ1v) is 7.46. The highest BCUT2D eigenvalue weighted by Gasteiger charge is 2.20. The van der Waals surface area contributed by atoms with Gasteiger partial charge in [-0.2, -0.15) is 4.39 Å². The summed E-state index contributed by atoms with van der Waals surface area (Å²) in [6.07, 6.45) is 6.23. The monoisotopic (exact) mass is 333 g/mol. The highest BCUT2D eigenvalue weighted by molar-refractivity contribution is 5.90. The molecule has 0 aliphatic heterocycles. The number of halogens is 1. The summed E-state index contributed by atoms with van der Waals surface area (Å²) in [6, 6.07) is 10.1. The molecule has 0 radical (unpaired) electrons. The zero-order valence-corrected chi connectivity index (χ0v) is 12.9. The minimum Gasteiger partial charge on any atom is -0.463 e. The Hall–Kier alpha value is -3.61. The molecule has 0 amide bonds. The summed E-state index contributed by atoms with van der Waals surface area (Å²) in [6.45, 7) is 0. The van der Waals surface area contributed by atoms with Crippen LogP contribution in [-0.2, 0) is 0 Å². The quantitative estimate of drug-likeness (QED) is 0.576. The van der Waals surface area contributed by atoms with E-state index < -0.39 is 5.95 Å². The molecule has 2 N–H and O–H groups in total. The van der Waals surface area contributed by atoms with Gasteiger partial charge in [-0.15, -0.1) is 0 Å². The number of rotatable bonds is 3. The molecule has 25 heavy (non-hydrogen) atoms. The molecule has 0 bridgehead atoms. The molecule has 0 aliphatic carbocycles. The summed E-state index contributed by atoms with van der Waals surface area (Å²) >= 11 is 0. The second-order valence-corrected chi connectivity index (χ2v) is 5.23. The number of anilines is 1. The number of hydrogen-bond acceptors (Lipinski definition) is 6. The van der Waals surface area contributed by atoms with Gasteiger partial charge in [0.1, 0.15) is 5.69 Å². The van der Waals surface area contributed by atoms with Crippen LogP contribution in [0, 0.1) is 5.95 Å². The smallest absolute Gasteiger partial charge is 0.221 e. The van der Waals surface area contributed by atoms with Crippen LogP contribution in [0.4, 0.5) is 10.3 Å². The summed E-state index contributed by atoms with van der Waals surface area (Å²) in [4.78, 5) is 16.3. The first-order valence-electron chi connectivity index (χ1n) is 7.46. The maximum absolute atomic E-state index is 13.7. The normalized spacial score (nSPS) is 10.8. The molecular formula is C18H12FN5O. The molecular weight excluding hydrogens is 321 g/mol. The first-order chi connectivity index (χ1) is 12.2. The van der Waals surface area contributed by atoms with Crippen LogP contribution in [0.2, 0.25) is 0 Å². The number of pyridine rings is 2. The Labute approximate surface area is 142 Å². The topological polar surface area (TPSA) is 90.7 Å². The minimum atomic E-state index is -0.597. The van der Waals surface area contributed by atoms with Crippen molar-refractivity contribution in [2.75, 3.05) is 5.73 Å². The van der Waals surface area contributed by atoms with Crippen molar-refractivity contribution in [3.8, 4) is 33.8 Å². The highest BCUT2D eigenvalue weighted by Crippen LogP contribution is 2.38. The van der Waals surface area contributed by atoms with E-state index >= 15 is 0 Å². The van der Waals surface area contributed by atoms with Crippen molar-refractivity contribution in [3.63, 3.8) is 0 Å². The molecule has 0 unspecified atom stereocenters. The highest BCUT2D eigenvalue weighted by atomic mass is 19.1. The van der Waals surface area contributed by atoms with Gasteiger partial charge in [0, 0.05) is 35.8 Å². The zero-order chi connectivity index (χ0) is 17.2. The second kappa shape index (κ2) is 6.12. The predicted octanol–water partition coefficient (Wildman–Crippen LogP) is 3.58.